The minimum absolute atomic E-state index is 0.0792. The second-order valence-corrected chi connectivity index (χ2v) is 9.26. The van der Waals surface area contributed by atoms with E-state index in [0.717, 1.165) is 33.8 Å². The Hall–Kier alpha value is -3.58. The second-order valence-electron chi connectivity index (χ2n) is 8.32. The van der Waals surface area contributed by atoms with Crippen LogP contribution in [0.5, 0.6) is 5.75 Å². The number of carbonyl (C=O) groups is 1. The van der Waals surface area contributed by atoms with Gasteiger partial charge in [-0.3, -0.25) is 9.36 Å². The van der Waals surface area contributed by atoms with Gasteiger partial charge >= 0.3 is 0 Å². The molecule has 1 aromatic heterocycles. The molecule has 0 aliphatic carbocycles. The lowest BCUT2D eigenvalue weighted by Crippen LogP contribution is -2.16. The average molecular weight is 473 g/mol. The third kappa shape index (κ3) is 5.15. The number of amides is 1. The van der Waals surface area contributed by atoms with Gasteiger partial charge in [-0.1, -0.05) is 47.2 Å². The van der Waals surface area contributed by atoms with Crippen LogP contribution in [0.3, 0.4) is 0 Å². The molecule has 7 heteroatoms. The summed E-state index contributed by atoms with van der Waals surface area (Å²) in [4.78, 5) is 12.8. The van der Waals surface area contributed by atoms with E-state index in [4.69, 9.17) is 4.74 Å². The summed E-state index contributed by atoms with van der Waals surface area (Å²) in [6.45, 7) is 8.13. The Balaban J connectivity index is 1.61. The molecule has 4 aromatic rings. The van der Waals surface area contributed by atoms with Gasteiger partial charge in [0.15, 0.2) is 11.0 Å². The predicted molar refractivity (Wildman–Crippen MR) is 138 cm³/mol. The van der Waals surface area contributed by atoms with Crippen molar-refractivity contribution in [3.63, 3.8) is 0 Å². The van der Waals surface area contributed by atoms with E-state index in [0.29, 0.717) is 11.0 Å². The van der Waals surface area contributed by atoms with Gasteiger partial charge in [0, 0.05) is 16.9 Å². The first-order valence-electron chi connectivity index (χ1n) is 11.0. The normalized spacial score (nSPS) is 10.9. The monoisotopic (exact) mass is 472 g/mol. The molecule has 0 saturated heterocycles. The maximum absolute atomic E-state index is 12.8. The number of anilines is 1. The number of methoxy groups -OCH3 is 1. The van der Waals surface area contributed by atoms with Crippen LogP contribution in [0.15, 0.2) is 65.8 Å². The van der Waals surface area contributed by atoms with Crippen molar-refractivity contribution in [2.45, 2.75) is 32.9 Å². The molecule has 34 heavy (non-hydrogen) atoms. The Morgan fingerprint density at radius 3 is 2.18 bits per heavy atom. The largest absolute Gasteiger partial charge is 0.497 e. The fourth-order valence-electron chi connectivity index (χ4n) is 3.90. The molecule has 0 aliphatic heterocycles. The van der Waals surface area contributed by atoms with Crippen LogP contribution in [0.2, 0.25) is 0 Å². The number of nitrogens with one attached hydrogen (secondary N) is 1. The maximum atomic E-state index is 12.8. The van der Waals surface area contributed by atoms with Crippen LogP contribution in [0.1, 0.15) is 22.3 Å². The lowest BCUT2D eigenvalue weighted by Gasteiger charge is -2.13. The van der Waals surface area contributed by atoms with Crippen LogP contribution in [0.4, 0.5) is 5.69 Å². The van der Waals surface area contributed by atoms with Crippen molar-refractivity contribution in [2.75, 3.05) is 18.2 Å². The Labute approximate surface area is 204 Å². The number of hydrogen-bond acceptors (Lipinski definition) is 5. The summed E-state index contributed by atoms with van der Waals surface area (Å²) in [6.07, 6.45) is 0. The third-order valence-electron chi connectivity index (χ3n) is 5.55. The highest BCUT2D eigenvalue weighted by molar-refractivity contribution is 7.99. The zero-order chi connectivity index (χ0) is 24.2. The number of aryl methyl sites for hydroxylation is 4. The molecule has 1 amide bonds. The molecule has 174 valence electrons. The molecule has 0 atom stereocenters. The molecular formula is C27H28N4O2S. The van der Waals surface area contributed by atoms with Crippen LogP contribution in [0, 0.1) is 27.7 Å². The summed E-state index contributed by atoms with van der Waals surface area (Å²) >= 11 is 1.36. The average Bonchev–Trinajstić information content (AvgIpc) is 3.24. The first kappa shape index (κ1) is 23.6. The van der Waals surface area contributed by atoms with Gasteiger partial charge in [-0.05, 0) is 75.2 Å². The van der Waals surface area contributed by atoms with Gasteiger partial charge < -0.3 is 10.1 Å². The third-order valence-corrected chi connectivity index (χ3v) is 6.48. The smallest absolute Gasteiger partial charge is 0.234 e. The lowest BCUT2D eigenvalue weighted by atomic mass is 10.1. The van der Waals surface area contributed by atoms with E-state index in [1.165, 1.54) is 22.9 Å². The molecular weight excluding hydrogens is 444 g/mol. The van der Waals surface area contributed by atoms with E-state index in [1.54, 1.807) is 7.11 Å². The highest BCUT2D eigenvalue weighted by Crippen LogP contribution is 2.30. The molecule has 1 N–H and O–H groups in total. The summed E-state index contributed by atoms with van der Waals surface area (Å²) in [7, 11) is 1.64. The van der Waals surface area contributed by atoms with E-state index in [1.807, 2.05) is 54.8 Å². The molecule has 0 unspecified atom stereocenters. The molecule has 6 nitrogen and oxygen atoms in total. The first-order chi connectivity index (χ1) is 16.4. The van der Waals surface area contributed by atoms with Crippen molar-refractivity contribution < 1.29 is 9.53 Å². The van der Waals surface area contributed by atoms with Gasteiger partial charge in [0.05, 0.1) is 12.9 Å². The zero-order valence-electron chi connectivity index (χ0n) is 20.0. The van der Waals surface area contributed by atoms with Gasteiger partial charge in [0.1, 0.15) is 5.75 Å². The van der Waals surface area contributed by atoms with E-state index in [2.05, 4.69) is 53.6 Å². The van der Waals surface area contributed by atoms with Crippen LogP contribution in [-0.4, -0.2) is 33.5 Å². The van der Waals surface area contributed by atoms with Crippen molar-refractivity contribution in [3.05, 3.63) is 82.9 Å². The van der Waals surface area contributed by atoms with Crippen molar-refractivity contribution in [1.29, 1.82) is 0 Å². The summed E-state index contributed by atoms with van der Waals surface area (Å²) in [5.41, 5.74) is 7.18. The van der Waals surface area contributed by atoms with Gasteiger partial charge in [-0.15, -0.1) is 10.2 Å². The van der Waals surface area contributed by atoms with Gasteiger partial charge in [-0.25, -0.2) is 0 Å². The molecule has 3 aromatic carbocycles. The molecule has 0 spiro atoms. The summed E-state index contributed by atoms with van der Waals surface area (Å²) < 4.78 is 7.27. The van der Waals surface area contributed by atoms with Crippen molar-refractivity contribution in [2.24, 2.45) is 0 Å². The summed E-state index contributed by atoms with van der Waals surface area (Å²) in [5, 5.41) is 12.6. The van der Waals surface area contributed by atoms with Crippen LogP contribution in [-0.2, 0) is 4.79 Å². The van der Waals surface area contributed by atoms with E-state index >= 15 is 0 Å². The Bertz CT molecular complexity index is 1290. The number of aromatic nitrogens is 3. The Morgan fingerprint density at radius 1 is 0.912 bits per heavy atom. The topological polar surface area (TPSA) is 69.0 Å². The van der Waals surface area contributed by atoms with E-state index in [9.17, 15) is 4.79 Å². The predicted octanol–water partition coefficient (Wildman–Crippen LogP) is 5.91. The quantitative estimate of drug-likeness (QED) is 0.339. The van der Waals surface area contributed by atoms with Gasteiger partial charge in [0.2, 0.25) is 5.91 Å². The van der Waals surface area contributed by atoms with E-state index in [-0.39, 0.29) is 11.7 Å². The molecule has 1 heterocycles. The minimum Gasteiger partial charge on any atom is -0.497 e. The highest BCUT2D eigenvalue weighted by atomic mass is 32.2. The molecule has 4 rings (SSSR count). The number of benzene rings is 3. The number of thioether (sulfide) groups is 1. The molecule has 0 saturated carbocycles. The SMILES string of the molecule is COc1ccc(-c2nnc(SCC(=O)Nc3c(C)cc(C)cc3C)n2-c2ccc(C)cc2)cc1. The summed E-state index contributed by atoms with van der Waals surface area (Å²) in [6, 6.07) is 20.0. The van der Waals surface area contributed by atoms with Crippen LogP contribution < -0.4 is 10.1 Å². The van der Waals surface area contributed by atoms with E-state index < -0.39 is 0 Å². The Morgan fingerprint density at radius 2 is 1.56 bits per heavy atom. The maximum Gasteiger partial charge on any atom is 0.234 e. The second kappa shape index (κ2) is 10.1. The van der Waals surface area contributed by atoms with Gasteiger partial charge in [0.25, 0.3) is 0 Å². The molecule has 0 fully saturated rings. The first-order valence-corrected chi connectivity index (χ1v) is 12.0. The highest BCUT2D eigenvalue weighted by Gasteiger charge is 2.18. The zero-order valence-corrected chi connectivity index (χ0v) is 20.9. The molecule has 0 bridgehead atoms. The van der Waals surface area contributed by atoms with Crippen LogP contribution >= 0.6 is 11.8 Å². The number of nitrogens with zero attached hydrogens (tertiary/aromatic N) is 3. The number of rotatable bonds is 7. The molecule has 0 aliphatic rings. The lowest BCUT2D eigenvalue weighted by molar-refractivity contribution is -0.113. The Kier molecular flexibility index (Phi) is 7.03. The molecule has 0 radical (unpaired) electrons. The fourth-order valence-corrected chi connectivity index (χ4v) is 4.65. The number of carbonyl (C=O) groups excluding carboxylic acids is 1. The fraction of sp³-hybridized carbons (Fsp3) is 0.222. The summed E-state index contributed by atoms with van der Waals surface area (Å²) in [5.74, 6) is 1.63. The van der Waals surface area contributed by atoms with Crippen molar-refractivity contribution in [3.8, 4) is 22.8 Å². The minimum atomic E-state index is -0.0792. The van der Waals surface area contributed by atoms with Crippen molar-refractivity contribution in [1.82, 2.24) is 14.8 Å². The standard InChI is InChI=1S/C27H28N4O2S/c1-17-6-10-22(11-7-17)31-26(21-8-12-23(33-5)13-9-21)29-30-27(31)34-16-24(32)28-25-19(3)14-18(2)15-20(25)4/h6-15H,16H2,1-5H3,(H,28,32). The van der Waals surface area contributed by atoms with Gasteiger partial charge in [-0.2, -0.15) is 0 Å². The number of hydrogen-bond donors (Lipinski definition) is 1. The van der Waals surface area contributed by atoms with Crippen LogP contribution in [0.25, 0.3) is 17.1 Å². The van der Waals surface area contributed by atoms with Crippen molar-refractivity contribution >= 4 is 23.4 Å². The number of ether oxygens (including phenoxy) is 1.